The first-order valence-corrected chi connectivity index (χ1v) is 9.57. The number of anilines is 2. The van der Waals surface area contributed by atoms with Crippen molar-refractivity contribution in [3.63, 3.8) is 0 Å². The summed E-state index contributed by atoms with van der Waals surface area (Å²) in [5, 5.41) is 6.99. The molecule has 2 heterocycles. The molecule has 1 aliphatic rings. The van der Waals surface area contributed by atoms with Gasteiger partial charge in [0.2, 0.25) is 0 Å². The molecular weight excluding hydrogens is 374 g/mol. The van der Waals surface area contributed by atoms with E-state index in [4.69, 9.17) is 0 Å². The molecule has 0 aliphatic carbocycles. The van der Waals surface area contributed by atoms with Gasteiger partial charge in [0.1, 0.15) is 0 Å². The molecule has 144 valence electrons. The van der Waals surface area contributed by atoms with Gasteiger partial charge < -0.3 is 10.6 Å². The Morgan fingerprint density at radius 1 is 0.867 bits per heavy atom. The zero-order valence-electron chi connectivity index (χ0n) is 15.9. The van der Waals surface area contributed by atoms with E-state index < -0.39 is 0 Å². The number of rotatable bonds is 4. The Bertz CT molecular complexity index is 1310. The average molecular weight is 391 g/mol. The second-order valence-electron chi connectivity index (χ2n) is 6.99. The van der Waals surface area contributed by atoms with E-state index in [9.17, 15) is 9.59 Å². The number of ketones is 1. The Kier molecular flexibility index (Phi) is 4.33. The van der Waals surface area contributed by atoms with E-state index >= 15 is 0 Å². The third-order valence-electron chi connectivity index (χ3n) is 5.11. The highest BCUT2D eigenvalue weighted by Crippen LogP contribution is 2.37. The van der Waals surface area contributed by atoms with Crippen LogP contribution >= 0.6 is 0 Å². The van der Waals surface area contributed by atoms with Crippen LogP contribution < -0.4 is 10.6 Å². The number of amides is 1. The largest absolute Gasteiger partial charge is 0.361 e. The third-order valence-corrected chi connectivity index (χ3v) is 5.11. The van der Waals surface area contributed by atoms with Gasteiger partial charge in [0, 0.05) is 45.8 Å². The summed E-state index contributed by atoms with van der Waals surface area (Å²) in [5.41, 5.74) is 5.05. The molecule has 4 aromatic rings. The fourth-order valence-electron chi connectivity index (χ4n) is 3.62. The summed E-state index contributed by atoms with van der Waals surface area (Å²) >= 11 is 0. The smallest absolute Gasteiger partial charge is 0.257 e. The van der Waals surface area contributed by atoms with Crippen molar-refractivity contribution in [2.45, 2.75) is 0 Å². The summed E-state index contributed by atoms with van der Waals surface area (Å²) in [4.78, 5) is 29.4. The summed E-state index contributed by atoms with van der Waals surface area (Å²) in [6.07, 6.45) is 3.43. The first-order chi connectivity index (χ1) is 14.7. The fraction of sp³-hybridized carbons (Fsp3) is 0. The minimum Gasteiger partial charge on any atom is -0.361 e. The summed E-state index contributed by atoms with van der Waals surface area (Å²) in [7, 11) is 0. The average Bonchev–Trinajstić information content (AvgIpc) is 3.13. The molecule has 5 heteroatoms. The minimum absolute atomic E-state index is 0.0245. The van der Waals surface area contributed by atoms with Crippen molar-refractivity contribution in [1.82, 2.24) is 4.98 Å². The first-order valence-electron chi connectivity index (χ1n) is 9.57. The highest BCUT2D eigenvalue weighted by atomic mass is 16.2. The van der Waals surface area contributed by atoms with E-state index in [1.807, 2.05) is 54.6 Å². The van der Waals surface area contributed by atoms with Crippen LogP contribution in [0.2, 0.25) is 0 Å². The van der Waals surface area contributed by atoms with Crippen LogP contribution in [0.5, 0.6) is 0 Å². The van der Waals surface area contributed by atoms with Crippen LogP contribution in [0.4, 0.5) is 11.4 Å². The first kappa shape index (κ1) is 17.8. The summed E-state index contributed by atoms with van der Waals surface area (Å²) < 4.78 is 0. The number of hydrogen-bond acceptors (Lipinski definition) is 4. The van der Waals surface area contributed by atoms with Crippen LogP contribution in [-0.4, -0.2) is 16.7 Å². The highest BCUT2D eigenvalue weighted by molar-refractivity contribution is 6.34. The number of benzene rings is 3. The number of nitrogens with zero attached hydrogens (tertiary/aromatic N) is 1. The number of pyridine rings is 1. The Hall–Kier alpha value is -4.25. The van der Waals surface area contributed by atoms with Crippen molar-refractivity contribution in [1.29, 1.82) is 0 Å². The molecule has 0 saturated carbocycles. The second kappa shape index (κ2) is 7.29. The van der Waals surface area contributed by atoms with Crippen molar-refractivity contribution < 1.29 is 9.59 Å². The van der Waals surface area contributed by atoms with Gasteiger partial charge in [-0.15, -0.1) is 0 Å². The van der Waals surface area contributed by atoms with E-state index in [-0.39, 0.29) is 11.7 Å². The molecule has 2 N–H and O–H groups in total. The van der Waals surface area contributed by atoms with Crippen LogP contribution in [0.15, 0.2) is 91.3 Å². The van der Waals surface area contributed by atoms with Gasteiger partial charge in [-0.2, -0.15) is 0 Å². The number of hydrogen-bond donors (Lipinski definition) is 2. The number of nitrogens with one attached hydrogen (secondary N) is 2. The lowest BCUT2D eigenvalue weighted by Crippen LogP contribution is -2.05. The fourth-order valence-corrected chi connectivity index (χ4v) is 3.62. The quantitative estimate of drug-likeness (QED) is 0.385. The predicted octanol–water partition coefficient (Wildman–Crippen LogP) is 4.87. The Balaban J connectivity index is 1.42. The molecule has 30 heavy (non-hydrogen) atoms. The van der Waals surface area contributed by atoms with Crippen LogP contribution in [0.25, 0.3) is 16.5 Å². The molecule has 1 amide bonds. The van der Waals surface area contributed by atoms with Crippen molar-refractivity contribution in [3.8, 4) is 0 Å². The zero-order chi connectivity index (χ0) is 20.5. The topological polar surface area (TPSA) is 71.1 Å². The number of carbonyl (C=O) groups is 2. The molecule has 3 aromatic carbocycles. The molecule has 0 bridgehead atoms. The Morgan fingerprint density at radius 2 is 1.63 bits per heavy atom. The van der Waals surface area contributed by atoms with Gasteiger partial charge in [-0.1, -0.05) is 36.4 Å². The van der Waals surface area contributed by atoms with Gasteiger partial charge in [0.05, 0.1) is 11.1 Å². The minimum atomic E-state index is -0.162. The summed E-state index contributed by atoms with van der Waals surface area (Å²) in [6.45, 7) is 0. The number of carbonyl (C=O) groups excluding carboxylic acids is 2. The zero-order valence-corrected chi connectivity index (χ0v) is 15.9. The van der Waals surface area contributed by atoms with Gasteiger partial charge in [-0.3, -0.25) is 14.6 Å². The van der Waals surface area contributed by atoms with E-state index in [1.165, 1.54) is 0 Å². The van der Waals surface area contributed by atoms with Crippen molar-refractivity contribution in [2.75, 3.05) is 10.6 Å². The molecule has 5 rings (SSSR count). The lowest BCUT2D eigenvalue weighted by Gasteiger charge is -2.06. The molecule has 0 fully saturated rings. The Labute approximate surface area is 173 Å². The summed E-state index contributed by atoms with van der Waals surface area (Å²) in [6, 6.07) is 24.0. The molecule has 0 spiro atoms. The highest BCUT2D eigenvalue weighted by Gasteiger charge is 2.26. The monoisotopic (exact) mass is 391 g/mol. The second-order valence-corrected chi connectivity index (χ2v) is 6.99. The third kappa shape index (κ3) is 3.12. The predicted molar refractivity (Wildman–Crippen MR) is 118 cm³/mol. The van der Waals surface area contributed by atoms with E-state index in [0.29, 0.717) is 16.7 Å². The maximum Gasteiger partial charge on any atom is 0.257 e. The van der Waals surface area contributed by atoms with E-state index in [0.717, 1.165) is 27.8 Å². The molecule has 0 unspecified atom stereocenters. The lowest BCUT2D eigenvalue weighted by molar-refractivity contribution is -0.110. The van der Waals surface area contributed by atoms with Gasteiger partial charge >= 0.3 is 0 Å². The van der Waals surface area contributed by atoms with Crippen molar-refractivity contribution in [3.05, 3.63) is 108 Å². The van der Waals surface area contributed by atoms with Gasteiger partial charge in [-0.05, 0) is 42.5 Å². The van der Waals surface area contributed by atoms with Gasteiger partial charge in [0.25, 0.3) is 5.91 Å². The number of aromatic nitrogens is 1. The van der Waals surface area contributed by atoms with Crippen LogP contribution in [0, 0.1) is 0 Å². The Morgan fingerprint density at radius 3 is 2.43 bits per heavy atom. The van der Waals surface area contributed by atoms with Crippen LogP contribution in [0.3, 0.4) is 0 Å². The van der Waals surface area contributed by atoms with E-state index in [2.05, 4.69) is 15.6 Å². The molecule has 0 atom stereocenters. The molecule has 0 saturated heterocycles. The maximum atomic E-state index is 12.5. The van der Waals surface area contributed by atoms with Crippen molar-refractivity contribution >= 4 is 39.5 Å². The van der Waals surface area contributed by atoms with Gasteiger partial charge in [0.15, 0.2) is 5.78 Å². The summed E-state index contributed by atoms with van der Waals surface area (Å²) in [5.74, 6) is -0.187. The van der Waals surface area contributed by atoms with Crippen LogP contribution in [0.1, 0.15) is 21.5 Å². The van der Waals surface area contributed by atoms with Gasteiger partial charge in [-0.25, -0.2) is 0 Å². The molecule has 1 aromatic heterocycles. The van der Waals surface area contributed by atoms with Crippen LogP contribution in [-0.2, 0) is 4.79 Å². The standard InChI is InChI=1S/C25H17N3O2/c29-24(16-5-2-1-3-6-16)17-8-10-18(11-9-17)27-15-20-23-19-7-4-14-26-21(19)12-13-22(23)28-25(20)30/h1-15,27H,(H,28,30). The molecule has 0 radical (unpaired) electrons. The lowest BCUT2D eigenvalue weighted by atomic mass is 10.0. The normalized spacial score (nSPS) is 13.9. The number of fused-ring (bicyclic) bond motifs is 3. The SMILES string of the molecule is O=C1Nc2ccc3ncccc3c2C1=CNc1ccc(C(=O)c2ccccc2)cc1. The van der Waals surface area contributed by atoms with Crippen molar-refractivity contribution in [2.24, 2.45) is 0 Å². The van der Waals surface area contributed by atoms with E-state index in [1.54, 1.807) is 36.7 Å². The molecular formula is C25H17N3O2. The molecule has 1 aliphatic heterocycles. The maximum absolute atomic E-state index is 12.5. The molecule has 5 nitrogen and oxygen atoms in total.